The van der Waals surface area contributed by atoms with E-state index in [0.29, 0.717) is 11.4 Å². The van der Waals surface area contributed by atoms with E-state index in [1.807, 2.05) is 0 Å². The van der Waals surface area contributed by atoms with Crippen LogP contribution >= 0.6 is 0 Å². The van der Waals surface area contributed by atoms with Gasteiger partial charge in [0.05, 0.1) is 5.69 Å². The van der Waals surface area contributed by atoms with Crippen LogP contribution in [-0.2, 0) is 4.79 Å². The van der Waals surface area contributed by atoms with Crippen LogP contribution < -0.4 is 40.0 Å². The van der Waals surface area contributed by atoms with Crippen LogP contribution in [0.5, 0.6) is 5.75 Å². The molecule has 0 aliphatic rings. The number of nitrogen functional groups attached to an aromatic ring is 1. The number of rotatable bonds is 3. The molecule has 0 fully saturated rings. The number of benzene rings is 1. The first kappa shape index (κ1) is 12.3. The van der Waals surface area contributed by atoms with Gasteiger partial charge in [-0.05, 0) is 12.1 Å². The Morgan fingerprint density at radius 2 is 2.08 bits per heavy atom. The summed E-state index contributed by atoms with van der Waals surface area (Å²) in [7, 11) is 0. The van der Waals surface area contributed by atoms with E-state index in [1.165, 1.54) is 0 Å². The topological polar surface area (TPSA) is 72.5 Å². The largest absolute Gasteiger partial charge is 1.00 e. The van der Waals surface area contributed by atoms with Crippen molar-refractivity contribution in [1.82, 2.24) is 0 Å². The van der Waals surface area contributed by atoms with Crippen molar-refractivity contribution in [3.05, 3.63) is 24.3 Å². The van der Waals surface area contributed by atoms with Crippen LogP contribution in [0.4, 0.5) is 5.69 Å². The third-order valence-corrected chi connectivity index (χ3v) is 1.27. The van der Waals surface area contributed by atoms with E-state index in [2.05, 4.69) is 0 Å². The maximum absolute atomic E-state index is 10.1. The summed E-state index contributed by atoms with van der Waals surface area (Å²) in [6.45, 7) is -0.367. The SMILES string of the molecule is Nc1ccccc1OCC(=O)O.[Na+]. The average molecular weight is 190 g/mol. The number of carboxylic acids is 1. The molecule has 0 bridgehead atoms. The molecular formula is C8H9NNaO3+. The molecule has 0 atom stereocenters. The molecule has 1 rings (SSSR count). The normalized spacial score (nSPS) is 8.62. The van der Waals surface area contributed by atoms with Crippen molar-refractivity contribution in [3.63, 3.8) is 0 Å². The Labute approximate surface area is 98.0 Å². The van der Waals surface area contributed by atoms with Gasteiger partial charge in [-0.25, -0.2) is 4.79 Å². The molecule has 0 radical (unpaired) electrons. The Morgan fingerprint density at radius 3 is 2.62 bits per heavy atom. The first-order chi connectivity index (χ1) is 5.70. The van der Waals surface area contributed by atoms with Crippen LogP contribution in [0, 0.1) is 0 Å². The van der Waals surface area contributed by atoms with E-state index in [-0.39, 0.29) is 36.2 Å². The molecule has 64 valence electrons. The summed E-state index contributed by atoms with van der Waals surface area (Å²) in [5.41, 5.74) is 5.93. The van der Waals surface area contributed by atoms with Crippen molar-refractivity contribution >= 4 is 11.7 Å². The molecule has 0 aromatic heterocycles. The number of hydrogen-bond acceptors (Lipinski definition) is 3. The molecule has 0 heterocycles. The predicted molar refractivity (Wildman–Crippen MR) is 44.0 cm³/mol. The quantitative estimate of drug-likeness (QED) is 0.416. The minimum Gasteiger partial charge on any atom is -0.480 e. The fraction of sp³-hybridized carbons (Fsp3) is 0.125. The van der Waals surface area contributed by atoms with Gasteiger partial charge < -0.3 is 15.6 Å². The number of aliphatic carboxylic acids is 1. The molecule has 0 amide bonds. The number of hydrogen-bond donors (Lipinski definition) is 2. The smallest absolute Gasteiger partial charge is 0.480 e. The van der Waals surface area contributed by atoms with E-state index in [4.69, 9.17) is 15.6 Å². The second-order valence-corrected chi connectivity index (χ2v) is 2.22. The van der Waals surface area contributed by atoms with Gasteiger partial charge in [-0.15, -0.1) is 0 Å². The Bertz CT molecular complexity index is 290. The zero-order valence-corrected chi connectivity index (χ0v) is 9.36. The van der Waals surface area contributed by atoms with Gasteiger partial charge in [0, 0.05) is 0 Å². The fourth-order valence-electron chi connectivity index (χ4n) is 0.751. The number of nitrogens with two attached hydrogens (primary N) is 1. The molecule has 0 aliphatic carbocycles. The minimum absolute atomic E-state index is 0. The summed E-state index contributed by atoms with van der Waals surface area (Å²) in [4.78, 5) is 10.1. The van der Waals surface area contributed by atoms with Gasteiger partial charge in [0.1, 0.15) is 5.75 Å². The Kier molecular flexibility index (Phi) is 5.53. The van der Waals surface area contributed by atoms with Crippen LogP contribution in [-0.4, -0.2) is 17.7 Å². The van der Waals surface area contributed by atoms with Gasteiger partial charge in [0.2, 0.25) is 0 Å². The summed E-state index contributed by atoms with van der Waals surface area (Å²) in [5, 5.41) is 8.30. The van der Waals surface area contributed by atoms with E-state index in [9.17, 15) is 4.79 Å². The minimum atomic E-state index is -1.02. The van der Waals surface area contributed by atoms with Crippen molar-refractivity contribution in [2.24, 2.45) is 0 Å². The molecule has 13 heavy (non-hydrogen) atoms. The van der Waals surface area contributed by atoms with E-state index in [1.54, 1.807) is 24.3 Å². The molecule has 5 heteroatoms. The van der Waals surface area contributed by atoms with Gasteiger partial charge in [0.15, 0.2) is 6.61 Å². The maximum Gasteiger partial charge on any atom is 1.00 e. The van der Waals surface area contributed by atoms with Crippen LogP contribution in [0.25, 0.3) is 0 Å². The van der Waals surface area contributed by atoms with Crippen LogP contribution in [0.15, 0.2) is 24.3 Å². The number of carbonyl (C=O) groups is 1. The first-order valence-electron chi connectivity index (χ1n) is 3.39. The fourth-order valence-corrected chi connectivity index (χ4v) is 0.751. The zero-order valence-electron chi connectivity index (χ0n) is 7.36. The van der Waals surface area contributed by atoms with Crippen LogP contribution in [0.3, 0.4) is 0 Å². The van der Waals surface area contributed by atoms with Crippen molar-refractivity contribution in [1.29, 1.82) is 0 Å². The summed E-state index contributed by atoms with van der Waals surface area (Å²) in [6, 6.07) is 6.76. The maximum atomic E-state index is 10.1. The molecule has 0 saturated heterocycles. The third-order valence-electron chi connectivity index (χ3n) is 1.27. The van der Waals surface area contributed by atoms with Gasteiger partial charge >= 0.3 is 35.5 Å². The average Bonchev–Trinajstić information content (AvgIpc) is 2.03. The van der Waals surface area contributed by atoms with Gasteiger partial charge in [0.25, 0.3) is 0 Å². The van der Waals surface area contributed by atoms with Crippen molar-refractivity contribution in [3.8, 4) is 5.75 Å². The second-order valence-electron chi connectivity index (χ2n) is 2.22. The molecular weight excluding hydrogens is 181 g/mol. The Morgan fingerprint density at radius 1 is 1.46 bits per heavy atom. The predicted octanol–water partition coefficient (Wildman–Crippen LogP) is -2.26. The van der Waals surface area contributed by atoms with Crippen molar-refractivity contribution in [2.45, 2.75) is 0 Å². The monoisotopic (exact) mass is 190 g/mol. The molecule has 4 nitrogen and oxygen atoms in total. The molecule has 0 saturated carbocycles. The molecule has 1 aromatic rings. The molecule has 0 spiro atoms. The number of ether oxygens (including phenoxy) is 1. The summed E-state index contributed by atoms with van der Waals surface area (Å²) in [6.07, 6.45) is 0. The summed E-state index contributed by atoms with van der Waals surface area (Å²) < 4.78 is 4.87. The third kappa shape index (κ3) is 4.17. The van der Waals surface area contributed by atoms with E-state index >= 15 is 0 Å². The van der Waals surface area contributed by atoms with E-state index < -0.39 is 5.97 Å². The van der Waals surface area contributed by atoms with Gasteiger partial charge in [-0.3, -0.25) is 0 Å². The molecule has 0 aliphatic heterocycles. The molecule has 1 aromatic carbocycles. The number of anilines is 1. The van der Waals surface area contributed by atoms with Crippen molar-refractivity contribution < 1.29 is 44.2 Å². The standard InChI is InChI=1S/C8H9NO3.Na/c9-6-3-1-2-4-7(6)12-5-8(10)11;/h1-4H,5,9H2,(H,10,11);/q;+1. The molecule has 3 N–H and O–H groups in total. The van der Waals surface area contributed by atoms with Crippen LogP contribution in [0.1, 0.15) is 0 Å². The summed E-state index contributed by atoms with van der Waals surface area (Å²) >= 11 is 0. The van der Waals surface area contributed by atoms with Crippen LogP contribution in [0.2, 0.25) is 0 Å². The first-order valence-corrected chi connectivity index (χ1v) is 3.39. The number of para-hydroxylation sites is 2. The second kappa shape index (κ2) is 5.85. The van der Waals surface area contributed by atoms with E-state index in [0.717, 1.165) is 0 Å². The van der Waals surface area contributed by atoms with Crippen molar-refractivity contribution in [2.75, 3.05) is 12.3 Å². The molecule has 0 unspecified atom stereocenters. The summed E-state index contributed by atoms with van der Waals surface area (Å²) in [5.74, 6) is -0.613. The van der Waals surface area contributed by atoms with Gasteiger partial charge in [-0.2, -0.15) is 0 Å². The number of carboxylic acid groups (broad SMARTS) is 1. The Balaban J connectivity index is 0.00000144. The Hall–Kier alpha value is -0.710. The van der Waals surface area contributed by atoms with Gasteiger partial charge in [-0.1, -0.05) is 12.1 Å². The zero-order chi connectivity index (χ0) is 8.97.